The van der Waals surface area contributed by atoms with Crippen LogP contribution in [0.15, 0.2) is 53.0 Å². The lowest BCUT2D eigenvalue weighted by molar-refractivity contribution is -0.138. The maximum Gasteiger partial charge on any atom is 0.416 e. The molecule has 112 valence electrons. The predicted octanol–water partition coefficient (Wildman–Crippen LogP) is 5.17. The molecule has 2 aromatic carbocycles. The fourth-order valence-corrected chi connectivity index (χ4v) is 2.64. The number of nitrogens with one attached hydrogen (secondary N) is 1. The lowest BCUT2D eigenvalue weighted by Gasteiger charge is -2.23. The molecule has 21 heavy (non-hydrogen) atoms. The maximum atomic E-state index is 13.3. The summed E-state index contributed by atoms with van der Waals surface area (Å²) in [5.41, 5.74) is 0.428. The molecule has 0 saturated carbocycles. The van der Waals surface area contributed by atoms with Gasteiger partial charge < -0.3 is 5.32 Å². The van der Waals surface area contributed by atoms with Crippen molar-refractivity contribution in [1.82, 2.24) is 5.32 Å². The molecule has 0 heterocycles. The summed E-state index contributed by atoms with van der Waals surface area (Å²) >= 11 is 3.11. The third-order valence-electron chi connectivity index (χ3n) is 3.17. The zero-order valence-electron chi connectivity index (χ0n) is 11.4. The van der Waals surface area contributed by atoms with E-state index in [1.807, 2.05) is 37.3 Å². The molecule has 2 rings (SSSR count). The Morgan fingerprint density at radius 1 is 1.10 bits per heavy atom. The van der Waals surface area contributed by atoms with Crippen LogP contribution >= 0.6 is 15.9 Å². The SMILES string of the molecule is CCNC(c1ccccc1)c1ccc(Br)cc1C(F)(F)F. The van der Waals surface area contributed by atoms with Crippen LogP contribution in [0, 0.1) is 0 Å². The zero-order valence-corrected chi connectivity index (χ0v) is 13.0. The summed E-state index contributed by atoms with van der Waals surface area (Å²) in [7, 11) is 0. The molecule has 1 atom stereocenters. The Bertz CT molecular complexity index is 596. The lowest BCUT2D eigenvalue weighted by Crippen LogP contribution is -2.25. The number of benzene rings is 2. The van der Waals surface area contributed by atoms with Crippen LogP contribution in [0.1, 0.15) is 29.7 Å². The lowest BCUT2D eigenvalue weighted by atomic mass is 9.94. The van der Waals surface area contributed by atoms with Crippen molar-refractivity contribution < 1.29 is 13.2 Å². The first-order valence-corrected chi connectivity index (χ1v) is 7.37. The van der Waals surface area contributed by atoms with Gasteiger partial charge in [0.05, 0.1) is 11.6 Å². The Morgan fingerprint density at radius 2 is 1.76 bits per heavy atom. The summed E-state index contributed by atoms with van der Waals surface area (Å²) in [5.74, 6) is 0. The predicted molar refractivity (Wildman–Crippen MR) is 81.1 cm³/mol. The number of alkyl halides is 3. The molecule has 0 saturated heterocycles. The Hall–Kier alpha value is -1.33. The zero-order chi connectivity index (χ0) is 15.5. The molecule has 5 heteroatoms. The third-order valence-corrected chi connectivity index (χ3v) is 3.67. The molecule has 0 aliphatic heterocycles. The Kier molecular flexibility index (Phi) is 5.06. The second kappa shape index (κ2) is 6.62. The molecule has 0 spiro atoms. The van der Waals surface area contributed by atoms with E-state index in [1.165, 1.54) is 6.07 Å². The molecular weight excluding hydrogens is 343 g/mol. The summed E-state index contributed by atoms with van der Waals surface area (Å²) in [6.07, 6.45) is -4.39. The van der Waals surface area contributed by atoms with Gasteiger partial charge in [0.1, 0.15) is 0 Å². The summed E-state index contributed by atoms with van der Waals surface area (Å²) < 4.78 is 40.3. The molecule has 2 aromatic rings. The van der Waals surface area contributed by atoms with E-state index < -0.39 is 17.8 Å². The van der Waals surface area contributed by atoms with Crippen molar-refractivity contribution in [1.29, 1.82) is 0 Å². The minimum atomic E-state index is -4.39. The van der Waals surface area contributed by atoms with Crippen LogP contribution in [0.3, 0.4) is 0 Å². The van der Waals surface area contributed by atoms with Gasteiger partial charge in [0.25, 0.3) is 0 Å². The molecule has 1 N–H and O–H groups in total. The third kappa shape index (κ3) is 3.86. The smallest absolute Gasteiger partial charge is 0.307 e. The van der Waals surface area contributed by atoms with Crippen molar-refractivity contribution in [2.24, 2.45) is 0 Å². The highest BCUT2D eigenvalue weighted by Gasteiger charge is 2.35. The first-order chi connectivity index (χ1) is 9.93. The van der Waals surface area contributed by atoms with Crippen molar-refractivity contribution in [3.63, 3.8) is 0 Å². The summed E-state index contributed by atoms with van der Waals surface area (Å²) in [4.78, 5) is 0. The van der Waals surface area contributed by atoms with Crippen molar-refractivity contribution in [2.45, 2.75) is 19.1 Å². The van der Waals surface area contributed by atoms with Crippen LogP contribution in [-0.2, 0) is 6.18 Å². The number of hydrogen-bond acceptors (Lipinski definition) is 1. The topological polar surface area (TPSA) is 12.0 Å². The van der Waals surface area contributed by atoms with Gasteiger partial charge in [0, 0.05) is 4.47 Å². The van der Waals surface area contributed by atoms with E-state index in [2.05, 4.69) is 21.2 Å². The largest absolute Gasteiger partial charge is 0.416 e. The van der Waals surface area contributed by atoms with Crippen LogP contribution in [0.2, 0.25) is 0 Å². The molecule has 0 aliphatic carbocycles. The molecule has 0 bridgehead atoms. The fraction of sp³-hybridized carbons (Fsp3) is 0.250. The highest BCUT2D eigenvalue weighted by molar-refractivity contribution is 9.10. The monoisotopic (exact) mass is 357 g/mol. The summed E-state index contributed by atoms with van der Waals surface area (Å²) in [6.45, 7) is 2.45. The molecule has 0 fully saturated rings. The highest BCUT2D eigenvalue weighted by Crippen LogP contribution is 2.38. The van der Waals surface area contributed by atoms with Crippen molar-refractivity contribution in [3.8, 4) is 0 Å². The van der Waals surface area contributed by atoms with Gasteiger partial charge in [-0.25, -0.2) is 0 Å². The number of rotatable bonds is 4. The van der Waals surface area contributed by atoms with Crippen molar-refractivity contribution in [3.05, 3.63) is 69.7 Å². The van der Waals surface area contributed by atoms with Gasteiger partial charge in [-0.2, -0.15) is 13.2 Å². The number of hydrogen-bond donors (Lipinski definition) is 1. The maximum absolute atomic E-state index is 13.3. The van der Waals surface area contributed by atoms with Crippen LogP contribution in [0.25, 0.3) is 0 Å². The minimum Gasteiger partial charge on any atom is -0.307 e. The first kappa shape index (κ1) is 16.0. The van der Waals surface area contributed by atoms with Gasteiger partial charge in [0.15, 0.2) is 0 Å². The molecule has 0 amide bonds. The van der Waals surface area contributed by atoms with Crippen LogP contribution in [-0.4, -0.2) is 6.54 Å². The van der Waals surface area contributed by atoms with Gasteiger partial charge in [-0.1, -0.05) is 59.3 Å². The van der Waals surface area contributed by atoms with Gasteiger partial charge in [-0.15, -0.1) is 0 Å². The highest BCUT2D eigenvalue weighted by atomic mass is 79.9. The van der Waals surface area contributed by atoms with Crippen LogP contribution in [0.4, 0.5) is 13.2 Å². The van der Waals surface area contributed by atoms with E-state index in [9.17, 15) is 13.2 Å². The van der Waals surface area contributed by atoms with E-state index in [4.69, 9.17) is 0 Å². The van der Waals surface area contributed by atoms with Crippen LogP contribution in [0.5, 0.6) is 0 Å². The molecule has 1 unspecified atom stereocenters. The summed E-state index contributed by atoms with van der Waals surface area (Å²) in [6, 6.07) is 13.0. The van der Waals surface area contributed by atoms with Gasteiger partial charge in [-0.3, -0.25) is 0 Å². The van der Waals surface area contributed by atoms with E-state index in [0.717, 1.165) is 11.6 Å². The van der Waals surface area contributed by atoms with Gasteiger partial charge in [0.2, 0.25) is 0 Å². The van der Waals surface area contributed by atoms with E-state index in [-0.39, 0.29) is 5.56 Å². The van der Waals surface area contributed by atoms with Crippen molar-refractivity contribution >= 4 is 15.9 Å². The number of halogens is 4. The second-order valence-electron chi connectivity index (χ2n) is 4.63. The molecule has 0 aliphatic rings. The molecular formula is C16H15BrF3N. The molecule has 0 radical (unpaired) electrons. The second-order valence-corrected chi connectivity index (χ2v) is 5.55. The van der Waals surface area contributed by atoms with Crippen molar-refractivity contribution in [2.75, 3.05) is 6.54 Å². The standard InChI is InChI=1S/C16H15BrF3N/c1-2-21-15(11-6-4-3-5-7-11)13-9-8-12(17)10-14(13)16(18,19)20/h3-10,15,21H,2H2,1H3. The average molecular weight is 358 g/mol. The average Bonchev–Trinajstić information content (AvgIpc) is 2.45. The Balaban J connectivity index is 2.56. The fourth-order valence-electron chi connectivity index (χ4n) is 2.28. The van der Waals surface area contributed by atoms with Gasteiger partial charge in [-0.05, 0) is 29.8 Å². The Morgan fingerprint density at radius 3 is 2.33 bits per heavy atom. The van der Waals surface area contributed by atoms with Gasteiger partial charge >= 0.3 is 6.18 Å². The minimum absolute atomic E-state index is 0.235. The van der Waals surface area contributed by atoms with E-state index in [0.29, 0.717) is 11.0 Å². The first-order valence-electron chi connectivity index (χ1n) is 6.58. The molecule has 0 aromatic heterocycles. The van der Waals surface area contributed by atoms with Crippen LogP contribution < -0.4 is 5.32 Å². The quantitative estimate of drug-likeness (QED) is 0.796. The normalized spacial score (nSPS) is 13.2. The summed E-state index contributed by atoms with van der Waals surface area (Å²) in [5, 5.41) is 3.13. The Labute approximate surface area is 130 Å². The van der Waals surface area contributed by atoms with E-state index in [1.54, 1.807) is 6.07 Å². The molecule has 1 nitrogen and oxygen atoms in total. The van der Waals surface area contributed by atoms with E-state index >= 15 is 0 Å².